The van der Waals surface area contributed by atoms with Crippen LogP contribution >= 0.6 is 11.8 Å². The first-order valence-electron chi connectivity index (χ1n) is 8.27. The summed E-state index contributed by atoms with van der Waals surface area (Å²) < 4.78 is 0. The number of benzene rings is 1. The number of carbonyl (C=O) groups excluding carboxylic acids is 2. The van der Waals surface area contributed by atoms with Gasteiger partial charge in [-0.25, -0.2) is 0 Å². The summed E-state index contributed by atoms with van der Waals surface area (Å²) in [4.78, 5) is 29.8. The molecule has 3 rings (SSSR count). The lowest BCUT2D eigenvalue weighted by atomic mass is 10.1. The summed E-state index contributed by atoms with van der Waals surface area (Å²) in [5.41, 5.74) is 3.18. The lowest BCUT2D eigenvalue weighted by molar-refractivity contribution is -0.135. The van der Waals surface area contributed by atoms with E-state index in [0.29, 0.717) is 0 Å². The zero-order valence-electron chi connectivity index (χ0n) is 14.1. The Labute approximate surface area is 146 Å². The molecule has 1 aromatic heterocycles. The van der Waals surface area contributed by atoms with E-state index >= 15 is 0 Å². The van der Waals surface area contributed by atoms with Crippen molar-refractivity contribution in [3.8, 4) is 0 Å². The molecular formula is C18H23N3O2S. The molecule has 1 fully saturated rings. The van der Waals surface area contributed by atoms with Crippen molar-refractivity contribution in [3.63, 3.8) is 0 Å². The highest BCUT2D eigenvalue weighted by atomic mass is 32.2. The predicted octanol–water partition coefficient (Wildman–Crippen LogP) is 2.10. The van der Waals surface area contributed by atoms with Crippen LogP contribution in [0.1, 0.15) is 18.1 Å². The fraction of sp³-hybridized carbons (Fsp3) is 0.444. The summed E-state index contributed by atoms with van der Waals surface area (Å²) in [5.74, 6) is 1.84. The number of hydrogen-bond acceptors (Lipinski definition) is 3. The number of nitrogens with one attached hydrogen (secondary N) is 2. The van der Waals surface area contributed by atoms with Crippen molar-refractivity contribution in [2.75, 3.05) is 24.6 Å². The molecule has 1 aliphatic rings. The Morgan fingerprint density at radius 3 is 2.83 bits per heavy atom. The van der Waals surface area contributed by atoms with Gasteiger partial charge in [0.2, 0.25) is 11.8 Å². The van der Waals surface area contributed by atoms with E-state index in [0.717, 1.165) is 46.6 Å². The molecule has 0 radical (unpaired) electrons. The first kappa shape index (κ1) is 16.9. The molecule has 128 valence electrons. The van der Waals surface area contributed by atoms with E-state index in [-0.39, 0.29) is 18.2 Å². The molecule has 0 aliphatic carbocycles. The van der Waals surface area contributed by atoms with Crippen molar-refractivity contribution in [2.45, 2.75) is 26.3 Å². The first-order chi connectivity index (χ1) is 11.6. The minimum Gasteiger partial charge on any atom is -0.361 e. The molecule has 0 spiro atoms. The number of amides is 2. The monoisotopic (exact) mass is 345 g/mol. The molecule has 2 amide bonds. The number of para-hydroxylation sites is 1. The summed E-state index contributed by atoms with van der Waals surface area (Å²) >= 11 is 1.86. The molecule has 24 heavy (non-hydrogen) atoms. The Morgan fingerprint density at radius 1 is 1.33 bits per heavy atom. The Balaban J connectivity index is 1.62. The Morgan fingerprint density at radius 2 is 2.08 bits per heavy atom. The van der Waals surface area contributed by atoms with Gasteiger partial charge in [0.05, 0.1) is 6.42 Å². The third-order valence-corrected chi connectivity index (χ3v) is 5.37. The van der Waals surface area contributed by atoms with Gasteiger partial charge in [-0.2, -0.15) is 11.8 Å². The molecule has 5 nitrogen and oxygen atoms in total. The number of thioether (sulfide) groups is 1. The molecule has 1 aliphatic heterocycles. The van der Waals surface area contributed by atoms with Crippen LogP contribution in [-0.2, 0) is 16.0 Å². The molecule has 2 aromatic rings. The van der Waals surface area contributed by atoms with Gasteiger partial charge in [0, 0.05) is 41.7 Å². The van der Waals surface area contributed by atoms with E-state index in [4.69, 9.17) is 0 Å². The molecule has 0 bridgehead atoms. The lowest BCUT2D eigenvalue weighted by Crippen LogP contribution is -2.49. The van der Waals surface area contributed by atoms with Gasteiger partial charge in [-0.05, 0) is 25.0 Å². The maximum atomic E-state index is 12.4. The quantitative estimate of drug-likeness (QED) is 0.892. The lowest BCUT2D eigenvalue weighted by Gasteiger charge is -2.29. The molecular weight excluding hydrogens is 322 g/mol. The number of aromatic amines is 1. The summed E-state index contributed by atoms with van der Waals surface area (Å²) in [6, 6.07) is 5.57. The smallest absolute Gasteiger partial charge is 0.244 e. The summed E-state index contributed by atoms with van der Waals surface area (Å²) in [6.07, 6.45) is 2.16. The molecule has 1 aromatic carbocycles. The van der Waals surface area contributed by atoms with Gasteiger partial charge in [0.25, 0.3) is 0 Å². The Kier molecular flexibility index (Phi) is 5.14. The number of H-pyrrole nitrogens is 1. The minimum atomic E-state index is -0.479. The van der Waals surface area contributed by atoms with Gasteiger partial charge in [-0.15, -0.1) is 0 Å². The highest BCUT2D eigenvalue weighted by Crippen LogP contribution is 2.21. The zero-order valence-corrected chi connectivity index (χ0v) is 14.9. The number of nitrogens with zero attached hydrogens (tertiary/aromatic N) is 1. The summed E-state index contributed by atoms with van der Waals surface area (Å²) in [6.45, 7) is 5.35. The maximum absolute atomic E-state index is 12.4. The fourth-order valence-electron chi connectivity index (χ4n) is 3.10. The van der Waals surface area contributed by atoms with Crippen molar-refractivity contribution >= 4 is 34.5 Å². The molecule has 6 heteroatoms. The summed E-state index contributed by atoms with van der Waals surface area (Å²) in [5, 5.41) is 3.91. The number of fused-ring (bicyclic) bond motifs is 1. The van der Waals surface area contributed by atoms with E-state index in [1.807, 2.05) is 48.0 Å². The van der Waals surface area contributed by atoms with E-state index in [1.54, 1.807) is 6.92 Å². The second kappa shape index (κ2) is 7.30. The van der Waals surface area contributed by atoms with Crippen LogP contribution in [-0.4, -0.2) is 52.3 Å². The van der Waals surface area contributed by atoms with Crippen molar-refractivity contribution < 1.29 is 9.59 Å². The Hall–Kier alpha value is -1.95. The third kappa shape index (κ3) is 3.59. The molecule has 1 atom stereocenters. The number of rotatable bonds is 4. The van der Waals surface area contributed by atoms with Crippen LogP contribution in [0.2, 0.25) is 0 Å². The molecule has 0 unspecified atom stereocenters. The van der Waals surface area contributed by atoms with Gasteiger partial charge in [0.1, 0.15) is 6.04 Å². The van der Waals surface area contributed by atoms with Gasteiger partial charge in [0.15, 0.2) is 0 Å². The van der Waals surface area contributed by atoms with Gasteiger partial charge in [-0.3, -0.25) is 9.59 Å². The van der Waals surface area contributed by atoms with Crippen LogP contribution in [0.4, 0.5) is 0 Å². The molecule has 1 saturated heterocycles. The number of aromatic nitrogens is 1. The van der Waals surface area contributed by atoms with Crippen LogP contribution in [0.15, 0.2) is 24.4 Å². The standard InChI is InChI=1S/C18H23N3O2S/c1-12-4-3-5-15-14(11-19-17(12)15)10-16(22)20-13(2)18(23)21-6-8-24-9-7-21/h3-5,11,13,19H,6-10H2,1-2H3,(H,20,22)/t13-/m0/s1. The predicted molar refractivity (Wildman–Crippen MR) is 98.2 cm³/mol. The number of hydrogen-bond donors (Lipinski definition) is 2. The highest BCUT2D eigenvalue weighted by molar-refractivity contribution is 7.99. The normalized spacial score (nSPS) is 16.2. The van der Waals surface area contributed by atoms with E-state index in [1.165, 1.54) is 0 Å². The van der Waals surface area contributed by atoms with E-state index in [9.17, 15) is 9.59 Å². The number of carbonyl (C=O) groups is 2. The maximum Gasteiger partial charge on any atom is 0.244 e. The van der Waals surface area contributed by atoms with Gasteiger partial charge < -0.3 is 15.2 Å². The largest absolute Gasteiger partial charge is 0.361 e. The topological polar surface area (TPSA) is 65.2 Å². The third-order valence-electron chi connectivity index (χ3n) is 4.43. The highest BCUT2D eigenvalue weighted by Gasteiger charge is 2.23. The zero-order chi connectivity index (χ0) is 17.1. The average molecular weight is 345 g/mol. The van der Waals surface area contributed by atoms with Gasteiger partial charge in [-0.1, -0.05) is 18.2 Å². The van der Waals surface area contributed by atoms with Crippen LogP contribution < -0.4 is 5.32 Å². The fourth-order valence-corrected chi connectivity index (χ4v) is 4.00. The van der Waals surface area contributed by atoms with Crippen LogP contribution in [0.3, 0.4) is 0 Å². The Bertz CT molecular complexity index is 750. The van der Waals surface area contributed by atoms with Crippen molar-refractivity contribution in [1.82, 2.24) is 15.2 Å². The average Bonchev–Trinajstić information content (AvgIpc) is 2.99. The minimum absolute atomic E-state index is 0.0124. The second-order valence-electron chi connectivity index (χ2n) is 6.22. The van der Waals surface area contributed by atoms with Crippen LogP contribution in [0.25, 0.3) is 10.9 Å². The summed E-state index contributed by atoms with van der Waals surface area (Å²) in [7, 11) is 0. The molecule has 2 heterocycles. The van der Waals surface area contributed by atoms with E-state index < -0.39 is 6.04 Å². The van der Waals surface area contributed by atoms with Crippen molar-refractivity contribution in [1.29, 1.82) is 0 Å². The molecule has 2 N–H and O–H groups in total. The second-order valence-corrected chi connectivity index (χ2v) is 7.44. The number of aryl methyl sites for hydroxylation is 1. The van der Waals surface area contributed by atoms with Crippen LogP contribution in [0.5, 0.6) is 0 Å². The SMILES string of the molecule is Cc1cccc2c(CC(=O)N[C@@H](C)C(=O)N3CCSCC3)c[nH]c12. The molecule has 0 saturated carbocycles. The van der Waals surface area contributed by atoms with Gasteiger partial charge >= 0.3 is 0 Å². The first-order valence-corrected chi connectivity index (χ1v) is 9.43. The van der Waals surface area contributed by atoms with Crippen molar-refractivity contribution in [2.24, 2.45) is 0 Å². The van der Waals surface area contributed by atoms with E-state index in [2.05, 4.69) is 10.3 Å². The van der Waals surface area contributed by atoms with Crippen LogP contribution in [0, 0.1) is 6.92 Å². The van der Waals surface area contributed by atoms with Crippen molar-refractivity contribution in [3.05, 3.63) is 35.5 Å².